The molecule has 0 aromatic heterocycles. The lowest BCUT2D eigenvalue weighted by Crippen LogP contribution is -2.61. The van der Waals surface area contributed by atoms with Gasteiger partial charge in [-0.3, -0.25) is 9.69 Å². The number of benzene rings is 1. The van der Waals surface area contributed by atoms with Crippen LogP contribution in [-0.2, 0) is 9.53 Å². The van der Waals surface area contributed by atoms with E-state index in [1.165, 1.54) is 0 Å². The van der Waals surface area contributed by atoms with Gasteiger partial charge in [-0.15, -0.1) is 0 Å². The molecule has 0 atom stereocenters. The molecule has 24 heavy (non-hydrogen) atoms. The number of rotatable bonds is 5. The lowest BCUT2D eigenvalue weighted by atomic mass is 9.89. The Kier molecular flexibility index (Phi) is 5.71. The molecule has 2 heterocycles. The number of nitrogens with zero attached hydrogens (tertiary/aromatic N) is 2. The average molecular weight is 333 g/mol. The highest BCUT2D eigenvalue weighted by atomic mass is 16.5. The Bertz CT molecular complexity index is 524. The number of para-hydroxylation sites is 1. The minimum atomic E-state index is -0.725. The first-order valence-electron chi connectivity index (χ1n) is 8.74. The van der Waals surface area contributed by atoms with Crippen molar-refractivity contribution in [1.29, 1.82) is 0 Å². The van der Waals surface area contributed by atoms with Crippen LogP contribution in [0.15, 0.2) is 30.3 Å². The molecule has 0 unspecified atom stereocenters. The van der Waals surface area contributed by atoms with Crippen molar-refractivity contribution in [2.45, 2.75) is 18.4 Å². The van der Waals surface area contributed by atoms with E-state index in [1.807, 2.05) is 35.2 Å². The summed E-state index contributed by atoms with van der Waals surface area (Å²) in [6.07, 6.45) is 1.24. The van der Waals surface area contributed by atoms with E-state index in [1.54, 1.807) is 0 Å². The third-order valence-electron chi connectivity index (χ3n) is 4.89. The Labute approximate surface area is 143 Å². The second-order valence-electron chi connectivity index (χ2n) is 6.56. The number of carbonyl (C=O) groups excluding carboxylic acids is 1. The topological polar surface area (TPSA) is 68.0 Å². The third-order valence-corrected chi connectivity index (χ3v) is 4.89. The molecule has 0 aliphatic carbocycles. The van der Waals surface area contributed by atoms with Gasteiger partial charge in [0, 0.05) is 45.9 Å². The van der Waals surface area contributed by atoms with E-state index in [9.17, 15) is 4.79 Å². The molecule has 6 nitrogen and oxygen atoms in total. The molecule has 2 fully saturated rings. The van der Waals surface area contributed by atoms with E-state index < -0.39 is 5.54 Å². The van der Waals surface area contributed by atoms with Crippen molar-refractivity contribution in [3.05, 3.63) is 30.3 Å². The van der Waals surface area contributed by atoms with Crippen LogP contribution in [0, 0.1) is 0 Å². The monoisotopic (exact) mass is 333 g/mol. The zero-order valence-electron chi connectivity index (χ0n) is 14.2. The van der Waals surface area contributed by atoms with Crippen LogP contribution >= 0.6 is 0 Å². The highest BCUT2D eigenvalue weighted by Gasteiger charge is 2.39. The van der Waals surface area contributed by atoms with Gasteiger partial charge >= 0.3 is 0 Å². The molecule has 132 valence electrons. The van der Waals surface area contributed by atoms with Gasteiger partial charge in [0.25, 0.3) is 0 Å². The lowest BCUT2D eigenvalue weighted by molar-refractivity contribution is -0.142. The first-order valence-corrected chi connectivity index (χ1v) is 8.74. The minimum Gasteiger partial charge on any atom is -0.492 e. The fourth-order valence-electron chi connectivity index (χ4n) is 3.25. The smallest absolute Gasteiger partial charge is 0.242 e. The quantitative estimate of drug-likeness (QED) is 0.860. The van der Waals surface area contributed by atoms with Crippen LogP contribution in [-0.4, -0.2) is 73.8 Å². The zero-order chi connectivity index (χ0) is 16.8. The number of amides is 1. The van der Waals surface area contributed by atoms with E-state index in [0.717, 1.165) is 38.5 Å². The van der Waals surface area contributed by atoms with Crippen molar-refractivity contribution in [3.63, 3.8) is 0 Å². The molecule has 3 rings (SSSR count). The summed E-state index contributed by atoms with van der Waals surface area (Å²) in [7, 11) is 0. The van der Waals surface area contributed by atoms with E-state index in [4.69, 9.17) is 15.2 Å². The highest BCUT2D eigenvalue weighted by molar-refractivity contribution is 5.86. The predicted molar refractivity (Wildman–Crippen MR) is 91.9 cm³/mol. The van der Waals surface area contributed by atoms with Crippen LogP contribution in [0.3, 0.4) is 0 Å². The number of hydrogen-bond donors (Lipinski definition) is 1. The van der Waals surface area contributed by atoms with Gasteiger partial charge in [-0.2, -0.15) is 0 Å². The van der Waals surface area contributed by atoms with Crippen LogP contribution in [0.25, 0.3) is 0 Å². The third kappa shape index (κ3) is 4.26. The maximum atomic E-state index is 12.7. The number of hydrogen-bond acceptors (Lipinski definition) is 5. The first-order chi connectivity index (χ1) is 11.7. The van der Waals surface area contributed by atoms with Gasteiger partial charge in [0.15, 0.2) is 0 Å². The van der Waals surface area contributed by atoms with Gasteiger partial charge in [-0.1, -0.05) is 18.2 Å². The molecule has 2 aliphatic rings. The van der Waals surface area contributed by atoms with Gasteiger partial charge < -0.3 is 20.1 Å². The lowest BCUT2D eigenvalue weighted by Gasteiger charge is -2.40. The molecule has 1 aromatic rings. The second kappa shape index (κ2) is 7.96. The number of piperazine rings is 1. The second-order valence-corrected chi connectivity index (χ2v) is 6.56. The zero-order valence-corrected chi connectivity index (χ0v) is 14.2. The molecule has 2 aliphatic heterocycles. The van der Waals surface area contributed by atoms with Gasteiger partial charge in [0.2, 0.25) is 5.91 Å². The Hall–Kier alpha value is -1.63. The van der Waals surface area contributed by atoms with E-state index >= 15 is 0 Å². The highest BCUT2D eigenvalue weighted by Crippen LogP contribution is 2.21. The van der Waals surface area contributed by atoms with Gasteiger partial charge in [0.1, 0.15) is 12.4 Å². The maximum Gasteiger partial charge on any atom is 0.242 e. The number of carbonyl (C=O) groups is 1. The first kappa shape index (κ1) is 17.2. The molecular weight excluding hydrogens is 306 g/mol. The van der Waals surface area contributed by atoms with Crippen LogP contribution < -0.4 is 10.5 Å². The maximum absolute atomic E-state index is 12.7. The average Bonchev–Trinajstić information content (AvgIpc) is 2.63. The molecular formula is C18H27N3O3. The van der Waals surface area contributed by atoms with Crippen LogP contribution in [0.1, 0.15) is 12.8 Å². The van der Waals surface area contributed by atoms with Crippen molar-refractivity contribution in [3.8, 4) is 5.75 Å². The molecule has 2 saturated heterocycles. The van der Waals surface area contributed by atoms with Crippen LogP contribution in [0.2, 0.25) is 0 Å². The summed E-state index contributed by atoms with van der Waals surface area (Å²) in [6.45, 7) is 5.92. The molecule has 1 aromatic carbocycles. The number of nitrogens with two attached hydrogens (primary N) is 1. The molecule has 6 heteroatoms. The van der Waals surface area contributed by atoms with Gasteiger partial charge in [0.05, 0.1) is 5.54 Å². The summed E-state index contributed by atoms with van der Waals surface area (Å²) in [6, 6.07) is 9.85. The molecule has 0 radical (unpaired) electrons. The minimum absolute atomic E-state index is 0.0889. The van der Waals surface area contributed by atoms with Gasteiger partial charge in [-0.25, -0.2) is 0 Å². The molecule has 2 N–H and O–H groups in total. The van der Waals surface area contributed by atoms with Crippen LogP contribution in [0.4, 0.5) is 0 Å². The SMILES string of the molecule is NC1(C(=O)N2CCN(CCOc3ccccc3)CC2)CCOCC1. The van der Waals surface area contributed by atoms with Crippen molar-refractivity contribution in [2.75, 3.05) is 52.5 Å². The van der Waals surface area contributed by atoms with E-state index in [-0.39, 0.29) is 5.91 Å². The Balaban J connectivity index is 1.40. The largest absolute Gasteiger partial charge is 0.492 e. The summed E-state index contributed by atoms with van der Waals surface area (Å²) in [5.41, 5.74) is 5.58. The van der Waals surface area contributed by atoms with Gasteiger partial charge in [-0.05, 0) is 25.0 Å². The van der Waals surface area contributed by atoms with E-state index in [2.05, 4.69) is 4.90 Å². The fraction of sp³-hybridized carbons (Fsp3) is 0.611. The van der Waals surface area contributed by atoms with Crippen molar-refractivity contribution in [1.82, 2.24) is 9.80 Å². The Morgan fingerprint density at radius 1 is 1.12 bits per heavy atom. The standard InChI is InChI=1S/C18H27N3O3/c19-18(6-13-23-14-7-18)17(22)21-10-8-20(9-11-21)12-15-24-16-4-2-1-3-5-16/h1-5H,6-15,19H2. The number of ether oxygens (including phenoxy) is 2. The van der Waals surface area contributed by atoms with Crippen molar-refractivity contribution < 1.29 is 14.3 Å². The summed E-state index contributed by atoms with van der Waals surface area (Å²) in [5.74, 6) is 0.988. The predicted octanol–water partition coefficient (Wildman–Crippen LogP) is 0.718. The van der Waals surface area contributed by atoms with Crippen LogP contribution in [0.5, 0.6) is 5.75 Å². The van der Waals surface area contributed by atoms with Crippen molar-refractivity contribution in [2.24, 2.45) is 5.73 Å². The summed E-state index contributed by atoms with van der Waals surface area (Å²) in [4.78, 5) is 16.9. The Morgan fingerprint density at radius 2 is 1.79 bits per heavy atom. The summed E-state index contributed by atoms with van der Waals surface area (Å²) >= 11 is 0. The van der Waals surface area contributed by atoms with E-state index in [0.29, 0.717) is 32.7 Å². The summed E-state index contributed by atoms with van der Waals surface area (Å²) in [5, 5.41) is 0. The molecule has 1 amide bonds. The fourth-order valence-corrected chi connectivity index (χ4v) is 3.25. The van der Waals surface area contributed by atoms with Crippen molar-refractivity contribution >= 4 is 5.91 Å². The Morgan fingerprint density at radius 3 is 2.46 bits per heavy atom. The summed E-state index contributed by atoms with van der Waals surface area (Å²) < 4.78 is 11.1. The normalized spacial score (nSPS) is 21.5. The molecule has 0 bridgehead atoms. The molecule has 0 saturated carbocycles. The molecule has 0 spiro atoms.